The van der Waals surface area contributed by atoms with Crippen LogP contribution in [0.3, 0.4) is 0 Å². The molecule has 7 nitrogen and oxygen atoms in total. The number of hydrogen-bond donors (Lipinski definition) is 2. The Kier molecular flexibility index (Phi) is 5.83. The molecule has 1 aromatic carbocycles. The number of benzene rings is 1. The summed E-state index contributed by atoms with van der Waals surface area (Å²) in [5, 5.41) is 3.31. The molecule has 4 rings (SSSR count). The lowest BCUT2D eigenvalue weighted by Crippen LogP contribution is -3.14. The Morgan fingerprint density at radius 1 is 1.21 bits per heavy atom. The van der Waals surface area contributed by atoms with E-state index in [2.05, 4.69) is 15.3 Å². The number of nitrogens with one attached hydrogen (secondary N) is 2. The number of aromatic nitrogens is 2. The predicted octanol–water partition coefficient (Wildman–Crippen LogP) is 0.725. The first kappa shape index (κ1) is 18.8. The van der Waals surface area contributed by atoms with Crippen LogP contribution < -0.4 is 15.0 Å². The second kappa shape index (κ2) is 8.67. The summed E-state index contributed by atoms with van der Waals surface area (Å²) in [6.45, 7) is 5.58. The van der Waals surface area contributed by atoms with E-state index in [0.29, 0.717) is 17.9 Å². The van der Waals surface area contributed by atoms with Gasteiger partial charge < -0.3 is 19.7 Å². The number of hydrogen-bond acceptors (Lipinski definition) is 6. The summed E-state index contributed by atoms with van der Waals surface area (Å²) < 4.78 is 10.6. The van der Waals surface area contributed by atoms with Crippen molar-refractivity contribution in [2.24, 2.45) is 0 Å². The van der Waals surface area contributed by atoms with Gasteiger partial charge in [-0.2, -0.15) is 0 Å². The maximum absolute atomic E-state index is 12.6. The molecule has 2 N–H and O–H groups in total. The van der Waals surface area contributed by atoms with Crippen molar-refractivity contribution in [2.75, 3.05) is 51.8 Å². The van der Waals surface area contributed by atoms with Gasteiger partial charge in [-0.25, -0.2) is 9.97 Å². The van der Waals surface area contributed by atoms with E-state index in [1.165, 1.54) is 4.90 Å². The topological polar surface area (TPSA) is 77.8 Å². The zero-order valence-electron chi connectivity index (χ0n) is 16.2. The van der Waals surface area contributed by atoms with E-state index in [0.717, 1.165) is 62.8 Å². The molecule has 1 atom stereocenters. The maximum atomic E-state index is 12.6. The van der Waals surface area contributed by atoms with Crippen LogP contribution in [0.2, 0.25) is 0 Å². The largest absolute Gasteiger partial charge is 0.497 e. The zero-order valence-corrected chi connectivity index (χ0v) is 16.2. The highest BCUT2D eigenvalue weighted by Crippen LogP contribution is 2.32. The molecule has 0 radical (unpaired) electrons. The quantitative estimate of drug-likeness (QED) is 0.766. The fraction of sp³-hybridized carbons (Fsp3) is 0.476. The van der Waals surface area contributed by atoms with Gasteiger partial charge in [-0.1, -0.05) is 12.1 Å². The Balaban J connectivity index is 1.41. The first-order chi connectivity index (χ1) is 13.7. The minimum atomic E-state index is 0.117. The first-order valence-electron chi connectivity index (χ1n) is 9.91. The van der Waals surface area contributed by atoms with Crippen LogP contribution in [0.4, 0.5) is 5.95 Å². The lowest BCUT2D eigenvalue weighted by molar-refractivity contribution is -0.906. The van der Waals surface area contributed by atoms with E-state index in [4.69, 9.17) is 9.47 Å². The summed E-state index contributed by atoms with van der Waals surface area (Å²) in [5.41, 5.74) is 2.64. The number of ketones is 1. The van der Waals surface area contributed by atoms with Gasteiger partial charge in [-0.3, -0.25) is 4.79 Å². The molecule has 28 heavy (non-hydrogen) atoms. The number of Topliss-reactive ketones (excluding diaryl/α,β-unsaturated/α-hetero) is 1. The van der Waals surface area contributed by atoms with Crippen molar-refractivity contribution in [1.82, 2.24) is 9.97 Å². The van der Waals surface area contributed by atoms with Crippen LogP contribution >= 0.6 is 0 Å². The second-order valence-electron chi connectivity index (χ2n) is 7.39. The van der Waals surface area contributed by atoms with Crippen molar-refractivity contribution < 1.29 is 19.2 Å². The molecule has 148 valence electrons. The first-order valence-corrected chi connectivity index (χ1v) is 9.91. The van der Waals surface area contributed by atoms with E-state index in [9.17, 15) is 4.79 Å². The fourth-order valence-corrected chi connectivity index (χ4v) is 3.90. The third kappa shape index (κ3) is 4.31. The number of morpholine rings is 1. The highest BCUT2D eigenvalue weighted by atomic mass is 16.5. The van der Waals surface area contributed by atoms with E-state index in [1.807, 2.05) is 24.3 Å². The second-order valence-corrected chi connectivity index (χ2v) is 7.39. The van der Waals surface area contributed by atoms with Crippen LogP contribution in [0, 0.1) is 0 Å². The van der Waals surface area contributed by atoms with Gasteiger partial charge in [0.05, 0.1) is 44.7 Å². The number of nitrogens with zero attached hydrogens (tertiary/aromatic N) is 2. The molecule has 1 fully saturated rings. The minimum Gasteiger partial charge on any atom is -0.497 e. The van der Waals surface area contributed by atoms with E-state index < -0.39 is 0 Å². The Morgan fingerprint density at radius 3 is 2.75 bits per heavy atom. The van der Waals surface area contributed by atoms with Gasteiger partial charge in [0.2, 0.25) is 5.95 Å². The number of quaternary nitrogens is 1. The fourth-order valence-electron chi connectivity index (χ4n) is 3.90. The van der Waals surface area contributed by atoms with Crippen LogP contribution in [0.25, 0.3) is 0 Å². The van der Waals surface area contributed by atoms with Crippen molar-refractivity contribution in [3.05, 3.63) is 47.3 Å². The average molecular weight is 383 g/mol. The van der Waals surface area contributed by atoms with Crippen LogP contribution in [0.1, 0.15) is 34.0 Å². The number of fused-ring (bicyclic) bond motifs is 1. The summed E-state index contributed by atoms with van der Waals surface area (Å²) in [5.74, 6) is 1.69. The zero-order chi connectivity index (χ0) is 19.3. The molecule has 0 bridgehead atoms. The van der Waals surface area contributed by atoms with Gasteiger partial charge in [0.1, 0.15) is 18.8 Å². The van der Waals surface area contributed by atoms with Crippen molar-refractivity contribution >= 4 is 11.7 Å². The van der Waals surface area contributed by atoms with E-state index in [1.54, 1.807) is 13.3 Å². The molecule has 0 unspecified atom stereocenters. The molecule has 7 heteroatoms. The number of carbonyl (C=O) groups excluding carboxylic acids is 1. The smallest absolute Gasteiger partial charge is 0.223 e. The number of rotatable bonds is 6. The Morgan fingerprint density at radius 2 is 2.00 bits per heavy atom. The SMILES string of the molecule is COc1ccc([C@H]2CC(=O)c3cnc(NCC[NH+]4CCOCC4)nc3C2)cc1. The summed E-state index contributed by atoms with van der Waals surface area (Å²) in [4.78, 5) is 23.1. The third-order valence-corrected chi connectivity index (χ3v) is 5.59. The molecule has 2 aliphatic rings. The van der Waals surface area contributed by atoms with Crippen LogP contribution in [0.5, 0.6) is 5.75 Å². The molecule has 2 aromatic rings. The van der Waals surface area contributed by atoms with E-state index in [-0.39, 0.29) is 11.7 Å². The number of carbonyl (C=O) groups is 1. The molecule has 2 heterocycles. The van der Waals surface area contributed by atoms with Gasteiger partial charge >= 0.3 is 0 Å². The number of ether oxygens (including phenoxy) is 2. The molecule has 0 spiro atoms. The number of methoxy groups -OCH3 is 1. The molecule has 1 aromatic heterocycles. The highest BCUT2D eigenvalue weighted by Gasteiger charge is 2.28. The van der Waals surface area contributed by atoms with Crippen LogP contribution in [-0.4, -0.2) is 62.3 Å². The highest BCUT2D eigenvalue weighted by molar-refractivity contribution is 5.98. The van der Waals surface area contributed by atoms with E-state index >= 15 is 0 Å². The maximum Gasteiger partial charge on any atom is 0.223 e. The summed E-state index contributed by atoms with van der Waals surface area (Å²) in [6, 6.07) is 7.95. The summed E-state index contributed by atoms with van der Waals surface area (Å²) in [6.07, 6.45) is 2.92. The van der Waals surface area contributed by atoms with Crippen LogP contribution in [0.15, 0.2) is 30.5 Å². The lowest BCUT2D eigenvalue weighted by atomic mass is 9.82. The summed E-state index contributed by atoms with van der Waals surface area (Å²) in [7, 11) is 1.65. The van der Waals surface area contributed by atoms with Gasteiger partial charge in [0, 0.05) is 12.6 Å². The van der Waals surface area contributed by atoms with Gasteiger partial charge in [0.25, 0.3) is 0 Å². The molecule has 1 aliphatic heterocycles. The minimum absolute atomic E-state index is 0.117. The van der Waals surface area contributed by atoms with Crippen molar-refractivity contribution in [3.8, 4) is 5.75 Å². The predicted molar refractivity (Wildman–Crippen MR) is 105 cm³/mol. The van der Waals surface area contributed by atoms with Crippen molar-refractivity contribution in [3.63, 3.8) is 0 Å². The van der Waals surface area contributed by atoms with Gasteiger partial charge in [-0.05, 0) is 30.0 Å². The lowest BCUT2D eigenvalue weighted by Gasteiger charge is -2.24. The van der Waals surface area contributed by atoms with Gasteiger partial charge in [0.15, 0.2) is 5.78 Å². The van der Waals surface area contributed by atoms with Crippen molar-refractivity contribution in [2.45, 2.75) is 18.8 Å². The Hall–Kier alpha value is -2.51. The summed E-state index contributed by atoms with van der Waals surface area (Å²) >= 11 is 0. The molecule has 1 aliphatic carbocycles. The molecular formula is C21H27N4O3+. The Labute approximate surface area is 165 Å². The standard InChI is InChI=1S/C21H26N4O3/c1-27-17-4-2-15(3-5-17)16-12-19-18(20(26)13-16)14-23-21(24-19)22-6-7-25-8-10-28-11-9-25/h2-5,14,16H,6-13H2,1H3,(H,22,23,24)/p+1/t16-/m1/s1. The average Bonchev–Trinajstić information content (AvgIpc) is 2.74. The molecule has 0 amide bonds. The van der Waals surface area contributed by atoms with Crippen molar-refractivity contribution in [1.29, 1.82) is 0 Å². The van der Waals surface area contributed by atoms with Gasteiger partial charge in [-0.15, -0.1) is 0 Å². The molecule has 1 saturated heterocycles. The van der Waals surface area contributed by atoms with Crippen LogP contribution in [-0.2, 0) is 11.2 Å². The number of anilines is 1. The monoisotopic (exact) mass is 383 g/mol. The Bertz CT molecular complexity index is 819. The molecule has 0 saturated carbocycles. The normalized spacial score (nSPS) is 19.9. The molecular weight excluding hydrogens is 356 g/mol. The third-order valence-electron chi connectivity index (χ3n) is 5.59.